The van der Waals surface area contributed by atoms with Crippen molar-refractivity contribution >= 4 is 5.97 Å². The van der Waals surface area contributed by atoms with Gasteiger partial charge in [0.1, 0.15) is 6.04 Å². The summed E-state index contributed by atoms with van der Waals surface area (Å²) in [6, 6.07) is 4.68. The number of nitrogens with one attached hydrogen (secondary N) is 1. The Morgan fingerprint density at radius 2 is 2.05 bits per heavy atom. The van der Waals surface area contributed by atoms with E-state index >= 15 is 0 Å². The van der Waals surface area contributed by atoms with Gasteiger partial charge in [0.25, 0.3) is 0 Å². The van der Waals surface area contributed by atoms with Crippen LogP contribution >= 0.6 is 0 Å². The molecule has 0 unspecified atom stereocenters. The lowest BCUT2D eigenvalue weighted by molar-refractivity contribution is -0.139. The highest BCUT2D eigenvalue weighted by atomic mass is 19.4. The van der Waals surface area contributed by atoms with Crippen molar-refractivity contribution in [2.24, 2.45) is 0 Å². The molecule has 3 nitrogen and oxygen atoms in total. The van der Waals surface area contributed by atoms with E-state index < -0.39 is 23.8 Å². The number of halogens is 3. The predicted octanol–water partition coefficient (Wildman–Crippen LogP) is 3.09. The maximum atomic E-state index is 12.5. The molecule has 0 radical (unpaired) electrons. The van der Waals surface area contributed by atoms with Crippen LogP contribution in [0.25, 0.3) is 0 Å². The maximum absolute atomic E-state index is 12.5. The monoisotopic (exact) mass is 289 g/mol. The minimum atomic E-state index is -4.31. The normalized spacial score (nSPS) is 13.2. The Balaban J connectivity index is 2.34. The zero-order valence-corrected chi connectivity index (χ0v) is 11.2. The number of alkyl halides is 3. The smallest absolute Gasteiger partial charge is 0.416 e. The first-order chi connectivity index (χ1) is 9.30. The van der Waals surface area contributed by atoms with Gasteiger partial charge in [-0.25, -0.2) is 0 Å². The lowest BCUT2D eigenvalue weighted by Crippen LogP contribution is -2.34. The van der Waals surface area contributed by atoms with E-state index in [1.54, 1.807) is 13.0 Å². The van der Waals surface area contributed by atoms with E-state index in [9.17, 15) is 18.0 Å². The average Bonchev–Trinajstić information content (AvgIpc) is 2.37. The SMILES string of the molecule is C[C@H](NCCCCc1cccc(C(F)(F)F)c1)C(=O)O. The van der Waals surface area contributed by atoms with Crippen LogP contribution in [0.1, 0.15) is 30.9 Å². The molecule has 0 saturated heterocycles. The Labute approximate surface area is 115 Å². The van der Waals surface area contributed by atoms with E-state index in [1.807, 2.05) is 0 Å². The van der Waals surface area contributed by atoms with Crippen molar-refractivity contribution < 1.29 is 23.1 Å². The van der Waals surface area contributed by atoms with Crippen LogP contribution in [0, 0.1) is 0 Å². The minimum absolute atomic E-state index is 0.534. The number of rotatable bonds is 7. The molecule has 0 aliphatic rings. The van der Waals surface area contributed by atoms with E-state index in [1.165, 1.54) is 6.07 Å². The number of aliphatic carboxylic acids is 1. The number of hydrogen-bond donors (Lipinski definition) is 2. The summed E-state index contributed by atoms with van der Waals surface area (Å²) in [4.78, 5) is 10.5. The fraction of sp³-hybridized carbons (Fsp3) is 0.500. The second-order valence-electron chi connectivity index (χ2n) is 4.67. The van der Waals surface area contributed by atoms with Crippen molar-refractivity contribution in [3.63, 3.8) is 0 Å². The number of benzene rings is 1. The van der Waals surface area contributed by atoms with Crippen molar-refractivity contribution in [3.05, 3.63) is 35.4 Å². The predicted molar refractivity (Wildman–Crippen MR) is 69.5 cm³/mol. The molecular weight excluding hydrogens is 271 g/mol. The molecule has 20 heavy (non-hydrogen) atoms. The topological polar surface area (TPSA) is 49.3 Å². The molecule has 0 amide bonds. The van der Waals surface area contributed by atoms with Gasteiger partial charge in [-0.3, -0.25) is 4.79 Å². The van der Waals surface area contributed by atoms with E-state index in [2.05, 4.69) is 5.32 Å². The number of hydrogen-bond acceptors (Lipinski definition) is 2. The van der Waals surface area contributed by atoms with Crippen LogP contribution in [0.15, 0.2) is 24.3 Å². The van der Waals surface area contributed by atoms with E-state index in [-0.39, 0.29) is 0 Å². The van der Waals surface area contributed by atoms with Gasteiger partial charge in [0.05, 0.1) is 5.56 Å². The fourth-order valence-electron chi connectivity index (χ4n) is 1.76. The van der Waals surface area contributed by atoms with Crippen LogP contribution < -0.4 is 5.32 Å². The molecule has 0 saturated carbocycles. The Morgan fingerprint density at radius 1 is 1.35 bits per heavy atom. The van der Waals surface area contributed by atoms with Crippen LogP contribution in [0.3, 0.4) is 0 Å². The van der Waals surface area contributed by atoms with Crippen molar-refractivity contribution in [1.29, 1.82) is 0 Å². The second kappa shape index (κ2) is 7.28. The molecular formula is C14H18F3NO2. The summed E-state index contributed by atoms with van der Waals surface area (Å²) in [5.41, 5.74) is 0.0127. The van der Waals surface area contributed by atoms with Crippen LogP contribution in [-0.2, 0) is 17.4 Å². The van der Waals surface area contributed by atoms with E-state index in [4.69, 9.17) is 5.11 Å². The van der Waals surface area contributed by atoms with E-state index in [0.29, 0.717) is 31.4 Å². The minimum Gasteiger partial charge on any atom is -0.480 e. The summed E-state index contributed by atoms with van der Waals surface area (Å²) in [6.07, 6.45) is -2.34. The zero-order chi connectivity index (χ0) is 15.2. The van der Waals surface area contributed by atoms with Gasteiger partial charge in [0.15, 0.2) is 0 Å². The van der Waals surface area contributed by atoms with Gasteiger partial charge in [-0.15, -0.1) is 0 Å². The van der Waals surface area contributed by atoms with Gasteiger partial charge in [0.2, 0.25) is 0 Å². The number of carboxylic acids is 1. The van der Waals surface area contributed by atoms with Crippen LogP contribution in [0.4, 0.5) is 13.2 Å². The maximum Gasteiger partial charge on any atom is 0.416 e. The molecule has 0 fully saturated rings. The highest BCUT2D eigenvalue weighted by Gasteiger charge is 2.30. The van der Waals surface area contributed by atoms with E-state index in [0.717, 1.165) is 12.1 Å². The first-order valence-corrected chi connectivity index (χ1v) is 6.43. The highest BCUT2D eigenvalue weighted by molar-refractivity contribution is 5.72. The third-order valence-electron chi connectivity index (χ3n) is 2.97. The number of unbranched alkanes of at least 4 members (excludes halogenated alkanes) is 1. The lowest BCUT2D eigenvalue weighted by atomic mass is 10.0. The first-order valence-electron chi connectivity index (χ1n) is 6.43. The molecule has 1 aromatic rings. The highest BCUT2D eigenvalue weighted by Crippen LogP contribution is 2.29. The van der Waals surface area contributed by atoms with Crippen molar-refractivity contribution in [2.45, 2.75) is 38.4 Å². The molecule has 1 rings (SSSR count). The standard InChI is InChI=1S/C14H18F3NO2/c1-10(13(19)20)18-8-3-2-5-11-6-4-7-12(9-11)14(15,16)17/h4,6-7,9-10,18H,2-3,5,8H2,1H3,(H,19,20)/t10-/m0/s1. The van der Waals surface area contributed by atoms with Gasteiger partial charge in [-0.2, -0.15) is 13.2 Å². The second-order valence-corrected chi connectivity index (χ2v) is 4.67. The Hall–Kier alpha value is -1.56. The first kappa shape index (κ1) is 16.5. The number of carbonyl (C=O) groups is 1. The molecule has 0 heterocycles. The summed E-state index contributed by atoms with van der Waals surface area (Å²) in [7, 11) is 0. The average molecular weight is 289 g/mol. The largest absolute Gasteiger partial charge is 0.480 e. The molecule has 0 aliphatic heterocycles. The Morgan fingerprint density at radius 3 is 2.65 bits per heavy atom. The summed E-state index contributed by atoms with van der Waals surface area (Å²) in [6.45, 7) is 2.08. The summed E-state index contributed by atoms with van der Waals surface area (Å²) in [5, 5.41) is 11.5. The van der Waals surface area contributed by atoms with Crippen LogP contribution in [-0.4, -0.2) is 23.7 Å². The molecule has 0 bridgehead atoms. The quantitative estimate of drug-likeness (QED) is 0.758. The fourth-order valence-corrected chi connectivity index (χ4v) is 1.76. The molecule has 0 aromatic heterocycles. The Kier molecular flexibility index (Phi) is 6.01. The summed E-state index contributed by atoms with van der Waals surface area (Å²) < 4.78 is 37.5. The third kappa shape index (κ3) is 5.61. The molecule has 1 atom stereocenters. The van der Waals surface area contributed by atoms with Gasteiger partial charge < -0.3 is 10.4 Å². The Bertz CT molecular complexity index is 446. The van der Waals surface area contributed by atoms with Crippen LogP contribution in [0.2, 0.25) is 0 Å². The summed E-state index contributed by atoms with van der Waals surface area (Å²) in [5.74, 6) is -0.914. The molecule has 112 valence electrons. The van der Waals surface area contributed by atoms with Crippen molar-refractivity contribution in [3.8, 4) is 0 Å². The zero-order valence-electron chi connectivity index (χ0n) is 11.2. The lowest BCUT2D eigenvalue weighted by Gasteiger charge is -2.10. The van der Waals surface area contributed by atoms with Crippen molar-refractivity contribution in [1.82, 2.24) is 5.32 Å². The number of carboxylic acid groups (broad SMARTS) is 1. The van der Waals surface area contributed by atoms with Gasteiger partial charge in [0, 0.05) is 0 Å². The van der Waals surface area contributed by atoms with Crippen molar-refractivity contribution in [2.75, 3.05) is 6.54 Å². The molecule has 6 heteroatoms. The molecule has 0 spiro atoms. The molecule has 1 aromatic carbocycles. The van der Waals surface area contributed by atoms with Gasteiger partial charge in [-0.05, 0) is 44.4 Å². The molecule has 2 N–H and O–H groups in total. The van der Waals surface area contributed by atoms with Gasteiger partial charge in [-0.1, -0.05) is 18.2 Å². The third-order valence-corrected chi connectivity index (χ3v) is 2.97. The molecule has 0 aliphatic carbocycles. The van der Waals surface area contributed by atoms with Gasteiger partial charge >= 0.3 is 12.1 Å². The van der Waals surface area contributed by atoms with Crippen LogP contribution in [0.5, 0.6) is 0 Å². The number of aryl methyl sites for hydroxylation is 1. The summed E-state index contributed by atoms with van der Waals surface area (Å²) >= 11 is 0.